The second-order valence-corrected chi connectivity index (χ2v) is 14.1. The molecule has 5 rings (SSSR count). The van der Waals surface area contributed by atoms with E-state index in [0.717, 1.165) is 29.7 Å². The molecule has 0 aromatic heterocycles. The van der Waals surface area contributed by atoms with Crippen molar-refractivity contribution in [1.82, 2.24) is 0 Å². The quantitative estimate of drug-likeness (QED) is 0.0208. The second-order valence-electron chi connectivity index (χ2n) is 14.1. The Hall–Kier alpha value is -5.56. The van der Waals surface area contributed by atoms with Gasteiger partial charge in [-0.3, -0.25) is 0 Å². The highest BCUT2D eigenvalue weighted by Crippen LogP contribution is 2.23. The number of ether oxygens (including phenoxy) is 8. The monoisotopic (exact) mass is 925 g/mol. The maximum atomic E-state index is 8.27. The third-order valence-corrected chi connectivity index (χ3v) is 8.96. The molecule has 1 fully saturated rings. The lowest BCUT2D eigenvalue weighted by Gasteiger charge is -2.26. The Morgan fingerprint density at radius 3 is 1.63 bits per heavy atom. The van der Waals surface area contributed by atoms with E-state index in [1.54, 1.807) is 13.0 Å². The van der Waals surface area contributed by atoms with E-state index in [2.05, 4.69) is 72.6 Å². The molecule has 0 saturated carbocycles. The minimum absolute atomic E-state index is 0.0374. The van der Waals surface area contributed by atoms with E-state index < -0.39 is 0 Å². The molecule has 0 amide bonds. The first-order valence-corrected chi connectivity index (χ1v) is 22.4. The number of oxime groups is 2. The van der Waals surface area contributed by atoms with Gasteiger partial charge in [0.15, 0.2) is 6.29 Å². The standard InChI is InChI=1S/C18H28O4.C14H17NO3.C14H19NO3.C4H6.C3H4.C2H2/c1-4-10-17(22-15-18(20-5-2)21-6-3)14-19-13-16-11-8-7-9-12-16;1-2-4-11(5-3-1)7-16-9-13-6-12-8-18-15-14(12)10-17-13;1-2-6-14(18-10-9-15-16)12-17-11-13-7-4-3-5-8-13;1-3-4-2;1-3-2;1-2/h4,7-9,11-12,17-18H,1,5-6,10,13-15H2,2-3H3;1-5,12-13H,6-10H2;2-5,7-9,14,16H,1,6,10-12H2;1-2H3;1H,2H3;1-2H/t17-;12-,13+;14-;;;/m101.../s1. The van der Waals surface area contributed by atoms with Crippen LogP contribution in [0.15, 0.2) is 127 Å². The van der Waals surface area contributed by atoms with Crippen LogP contribution in [0.3, 0.4) is 0 Å². The zero-order valence-corrected chi connectivity index (χ0v) is 40.5. The summed E-state index contributed by atoms with van der Waals surface area (Å²) in [5, 5.41) is 15.1. The SMILES string of the molecule is C#C.C#CC.C=CC[C@H](COCc1ccccc1)OCC(OCC)OCC.C=CC[C@H](COCc1ccccc1)OCC=NO.CC#CC.c1ccc(COC[C@H]2C[C@H]3CON=C3CO2)cc1. The van der Waals surface area contributed by atoms with Crippen molar-refractivity contribution in [2.24, 2.45) is 16.2 Å². The van der Waals surface area contributed by atoms with Crippen LogP contribution in [0, 0.1) is 42.9 Å². The van der Waals surface area contributed by atoms with Gasteiger partial charge >= 0.3 is 0 Å². The highest BCUT2D eigenvalue weighted by Gasteiger charge is 2.32. The van der Waals surface area contributed by atoms with Crippen LogP contribution in [0.4, 0.5) is 0 Å². The molecular formula is C55H76N2O10. The van der Waals surface area contributed by atoms with Crippen molar-refractivity contribution in [1.29, 1.82) is 0 Å². The van der Waals surface area contributed by atoms with Crippen molar-refractivity contribution in [2.75, 3.05) is 59.5 Å². The van der Waals surface area contributed by atoms with Crippen LogP contribution in [0.25, 0.3) is 0 Å². The summed E-state index contributed by atoms with van der Waals surface area (Å²) in [5.41, 5.74) is 4.53. The van der Waals surface area contributed by atoms with E-state index in [9.17, 15) is 0 Å². The zero-order chi connectivity index (χ0) is 49.4. The van der Waals surface area contributed by atoms with Gasteiger partial charge in [-0.25, -0.2) is 0 Å². The number of benzene rings is 3. The maximum absolute atomic E-state index is 8.27. The van der Waals surface area contributed by atoms with Gasteiger partial charge in [0.1, 0.15) is 6.61 Å². The van der Waals surface area contributed by atoms with Gasteiger partial charge in [0.2, 0.25) is 0 Å². The van der Waals surface area contributed by atoms with Crippen molar-refractivity contribution in [3.8, 4) is 37.0 Å². The van der Waals surface area contributed by atoms with E-state index in [1.807, 2.05) is 113 Å². The van der Waals surface area contributed by atoms with E-state index in [-0.39, 0.29) is 31.2 Å². The van der Waals surface area contributed by atoms with Gasteiger partial charge in [0.25, 0.3) is 0 Å². The predicted octanol–water partition coefficient (Wildman–Crippen LogP) is 10.1. The summed E-state index contributed by atoms with van der Waals surface area (Å²) in [5.74, 6) is 8.05. The predicted molar refractivity (Wildman–Crippen MR) is 269 cm³/mol. The van der Waals surface area contributed by atoms with E-state index in [1.165, 1.54) is 11.8 Å². The molecule has 366 valence electrons. The summed E-state index contributed by atoms with van der Waals surface area (Å²) in [7, 11) is 0. The van der Waals surface area contributed by atoms with Gasteiger partial charge < -0.3 is 47.9 Å². The summed E-state index contributed by atoms with van der Waals surface area (Å²) < 4.78 is 45.0. The van der Waals surface area contributed by atoms with Gasteiger partial charge in [-0.15, -0.1) is 50.2 Å². The van der Waals surface area contributed by atoms with Crippen molar-refractivity contribution >= 4 is 11.9 Å². The summed E-state index contributed by atoms with van der Waals surface area (Å²) in [6.45, 7) is 23.2. The molecule has 3 aromatic carbocycles. The first-order chi connectivity index (χ1) is 32.9. The minimum atomic E-state index is -0.323. The Morgan fingerprint density at radius 2 is 1.19 bits per heavy atom. The van der Waals surface area contributed by atoms with Crippen molar-refractivity contribution < 1.29 is 47.9 Å². The first kappa shape index (κ1) is 61.4. The number of rotatable bonds is 26. The van der Waals surface area contributed by atoms with Crippen LogP contribution >= 0.6 is 0 Å². The summed E-state index contributed by atoms with van der Waals surface area (Å²) in [4.78, 5) is 5.08. The van der Waals surface area contributed by atoms with Crippen LogP contribution in [-0.2, 0) is 62.6 Å². The van der Waals surface area contributed by atoms with Crippen molar-refractivity contribution in [3.05, 3.63) is 133 Å². The largest absolute Gasteiger partial charge is 0.411 e. The summed E-state index contributed by atoms with van der Waals surface area (Å²) >= 11 is 0. The molecule has 12 heteroatoms. The summed E-state index contributed by atoms with van der Waals surface area (Å²) in [6, 6.07) is 30.2. The molecule has 0 aliphatic carbocycles. The molecule has 12 nitrogen and oxygen atoms in total. The molecule has 1 N–H and O–H groups in total. The molecule has 0 radical (unpaired) electrons. The highest BCUT2D eigenvalue weighted by atomic mass is 16.7. The Kier molecular flexibility index (Phi) is 41.8. The average Bonchev–Trinajstić information content (AvgIpc) is 3.84. The molecule has 2 aliphatic heterocycles. The molecule has 0 bridgehead atoms. The second kappa shape index (κ2) is 45.6. The Labute approximate surface area is 402 Å². The molecule has 3 aromatic rings. The molecule has 0 unspecified atom stereocenters. The van der Waals surface area contributed by atoms with Crippen LogP contribution in [0.2, 0.25) is 0 Å². The lowest BCUT2D eigenvalue weighted by Crippen LogP contribution is -2.35. The summed E-state index contributed by atoms with van der Waals surface area (Å²) in [6.07, 6.45) is 19.7. The van der Waals surface area contributed by atoms with Gasteiger partial charge in [-0.05, 0) is 70.6 Å². The van der Waals surface area contributed by atoms with E-state index >= 15 is 0 Å². The van der Waals surface area contributed by atoms with Crippen LogP contribution in [-0.4, -0.2) is 101 Å². The number of nitrogens with zero attached hydrogens (tertiary/aromatic N) is 2. The third-order valence-electron chi connectivity index (χ3n) is 8.96. The molecule has 2 heterocycles. The zero-order valence-electron chi connectivity index (χ0n) is 40.5. The van der Waals surface area contributed by atoms with Gasteiger partial charge in [0.05, 0.1) is 89.7 Å². The van der Waals surface area contributed by atoms with Gasteiger partial charge in [0, 0.05) is 19.1 Å². The molecule has 1 saturated heterocycles. The number of terminal acetylenes is 2. The molecule has 0 spiro atoms. The fourth-order valence-electron chi connectivity index (χ4n) is 5.76. The molecular weight excluding hydrogens is 849 g/mol. The normalized spacial score (nSPS) is 14.9. The number of hydrogen-bond acceptors (Lipinski definition) is 12. The fourth-order valence-corrected chi connectivity index (χ4v) is 5.76. The Balaban J connectivity index is 0.000000897. The van der Waals surface area contributed by atoms with Crippen molar-refractivity contribution in [2.45, 2.75) is 98.3 Å². The fraction of sp³-hybridized carbons (Fsp3) is 0.455. The topological polar surface area (TPSA) is 128 Å². The third kappa shape index (κ3) is 33.5. The Morgan fingerprint density at radius 1 is 0.731 bits per heavy atom. The lowest BCUT2D eigenvalue weighted by molar-refractivity contribution is -0.180. The van der Waals surface area contributed by atoms with Crippen LogP contribution < -0.4 is 0 Å². The van der Waals surface area contributed by atoms with Crippen LogP contribution in [0.1, 0.15) is 70.6 Å². The highest BCUT2D eigenvalue weighted by molar-refractivity contribution is 5.89. The van der Waals surface area contributed by atoms with Gasteiger partial charge in [-0.1, -0.05) is 113 Å². The van der Waals surface area contributed by atoms with E-state index in [0.29, 0.717) is 85.0 Å². The number of hydrogen-bond donors (Lipinski definition) is 1. The molecule has 4 atom stereocenters. The Bertz CT molecular complexity index is 1780. The minimum Gasteiger partial charge on any atom is -0.411 e. The van der Waals surface area contributed by atoms with E-state index in [4.69, 9.17) is 47.9 Å². The molecule has 2 aliphatic rings. The first-order valence-electron chi connectivity index (χ1n) is 22.4. The lowest BCUT2D eigenvalue weighted by atomic mass is 9.95. The smallest absolute Gasteiger partial charge is 0.180 e. The van der Waals surface area contributed by atoms with Gasteiger partial charge in [-0.2, -0.15) is 0 Å². The van der Waals surface area contributed by atoms with Crippen LogP contribution in [0.5, 0.6) is 0 Å². The van der Waals surface area contributed by atoms with Crippen molar-refractivity contribution in [3.63, 3.8) is 0 Å². The number of fused-ring (bicyclic) bond motifs is 1. The maximum Gasteiger partial charge on any atom is 0.180 e. The molecule has 67 heavy (non-hydrogen) atoms. The average molecular weight is 925 g/mol.